The van der Waals surface area contributed by atoms with E-state index in [4.69, 9.17) is 21.1 Å². The first-order valence-electron chi connectivity index (χ1n) is 9.79. The Bertz CT molecular complexity index is 1010. The fraction of sp³-hybridized carbons (Fsp3) is 0.273. The second kappa shape index (κ2) is 8.87. The molecular weight excluding hydrogens is 420 g/mol. The summed E-state index contributed by atoms with van der Waals surface area (Å²) in [6.07, 6.45) is 3.98. The molecule has 0 radical (unpaired) electrons. The molecule has 0 saturated carbocycles. The number of nitrogens with zero attached hydrogens (tertiary/aromatic N) is 2. The lowest BCUT2D eigenvalue weighted by Gasteiger charge is -2.31. The van der Waals surface area contributed by atoms with Crippen LogP contribution in [-0.4, -0.2) is 48.5 Å². The van der Waals surface area contributed by atoms with E-state index in [1.54, 1.807) is 42.7 Å². The number of hydrogen-bond acceptors (Lipinski definition) is 6. The van der Waals surface area contributed by atoms with Gasteiger partial charge in [-0.15, -0.1) is 0 Å². The average Bonchev–Trinajstić information content (AvgIpc) is 3.21. The number of fused-ring (bicyclic) bond motifs is 1. The molecule has 162 valence electrons. The van der Waals surface area contributed by atoms with Crippen molar-refractivity contribution in [2.24, 2.45) is 0 Å². The van der Waals surface area contributed by atoms with Crippen LogP contribution in [0.4, 0.5) is 5.69 Å². The zero-order chi connectivity index (χ0) is 22.0. The molecule has 0 aromatic heterocycles. The number of hydrogen-bond donors (Lipinski definition) is 2. The third kappa shape index (κ3) is 4.45. The van der Waals surface area contributed by atoms with Gasteiger partial charge in [0.05, 0.1) is 25.9 Å². The highest BCUT2D eigenvalue weighted by Crippen LogP contribution is 2.32. The van der Waals surface area contributed by atoms with Crippen molar-refractivity contribution < 1.29 is 19.1 Å². The zero-order valence-corrected chi connectivity index (χ0v) is 17.9. The molecule has 2 atom stereocenters. The van der Waals surface area contributed by atoms with Crippen LogP contribution in [0.3, 0.4) is 0 Å². The van der Waals surface area contributed by atoms with Gasteiger partial charge in [-0.1, -0.05) is 23.7 Å². The maximum absolute atomic E-state index is 13.0. The van der Waals surface area contributed by atoms with Crippen molar-refractivity contribution in [2.75, 3.05) is 26.1 Å². The second-order valence-corrected chi connectivity index (χ2v) is 7.71. The number of benzene rings is 2. The maximum Gasteiger partial charge on any atom is 0.251 e. The van der Waals surface area contributed by atoms with Gasteiger partial charge in [-0.3, -0.25) is 9.59 Å². The third-order valence-corrected chi connectivity index (χ3v) is 5.58. The molecule has 0 spiro atoms. The monoisotopic (exact) mass is 442 g/mol. The molecule has 2 aromatic carbocycles. The first kappa shape index (κ1) is 21.0. The van der Waals surface area contributed by atoms with E-state index in [1.165, 1.54) is 12.0 Å². The predicted molar refractivity (Wildman–Crippen MR) is 117 cm³/mol. The largest absolute Gasteiger partial charge is 0.497 e. The first-order chi connectivity index (χ1) is 15.0. The van der Waals surface area contributed by atoms with Crippen molar-refractivity contribution in [3.05, 3.63) is 65.5 Å². The number of carbonyl (C=O) groups excluding carboxylic acids is 2. The smallest absolute Gasteiger partial charge is 0.251 e. The van der Waals surface area contributed by atoms with Gasteiger partial charge in [0.2, 0.25) is 5.91 Å². The number of carbonyl (C=O) groups is 2. The van der Waals surface area contributed by atoms with Gasteiger partial charge in [0.1, 0.15) is 24.1 Å². The number of amides is 2. The molecule has 0 bridgehead atoms. The summed E-state index contributed by atoms with van der Waals surface area (Å²) in [5.41, 5.74) is 4.86. The van der Waals surface area contributed by atoms with Crippen LogP contribution in [0.2, 0.25) is 5.02 Å². The molecular formula is C22H23ClN4O4. The average molecular weight is 443 g/mol. The van der Waals surface area contributed by atoms with Crippen LogP contribution >= 0.6 is 11.6 Å². The highest BCUT2D eigenvalue weighted by Gasteiger charge is 2.40. The minimum absolute atomic E-state index is 0.00555. The minimum Gasteiger partial charge on any atom is -0.497 e. The summed E-state index contributed by atoms with van der Waals surface area (Å²) in [6, 6.07) is 12.3. The van der Waals surface area contributed by atoms with E-state index < -0.39 is 0 Å². The first-order valence-corrected chi connectivity index (χ1v) is 10.2. The molecule has 2 unspecified atom stereocenters. The Kier molecular flexibility index (Phi) is 6.01. The molecule has 9 heteroatoms. The van der Waals surface area contributed by atoms with Gasteiger partial charge in [0.15, 0.2) is 0 Å². The quantitative estimate of drug-likeness (QED) is 0.715. The SMILES string of the molecule is COc1ccc(C2CC3C(=O)N(CC(=O)Nc4cc(Cl)ccc4OC)C=CN3N2)cc1. The Morgan fingerprint density at radius 1 is 1.16 bits per heavy atom. The van der Waals surface area contributed by atoms with Crippen LogP contribution < -0.4 is 20.2 Å². The number of hydrazine groups is 1. The lowest BCUT2D eigenvalue weighted by atomic mass is 10.0. The van der Waals surface area contributed by atoms with E-state index in [0.717, 1.165) is 11.3 Å². The molecule has 31 heavy (non-hydrogen) atoms. The second-order valence-electron chi connectivity index (χ2n) is 7.27. The summed E-state index contributed by atoms with van der Waals surface area (Å²) >= 11 is 6.01. The third-order valence-electron chi connectivity index (χ3n) is 5.34. The summed E-state index contributed by atoms with van der Waals surface area (Å²) < 4.78 is 10.4. The fourth-order valence-electron chi connectivity index (χ4n) is 3.74. The number of rotatable bonds is 6. The molecule has 2 N–H and O–H groups in total. The Morgan fingerprint density at radius 2 is 1.94 bits per heavy atom. The number of nitrogens with one attached hydrogen (secondary N) is 2. The van der Waals surface area contributed by atoms with Gasteiger partial charge in [0, 0.05) is 17.4 Å². The van der Waals surface area contributed by atoms with Crippen LogP contribution in [0.15, 0.2) is 54.9 Å². The van der Waals surface area contributed by atoms with E-state index in [9.17, 15) is 9.59 Å². The Morgan fingerprint density at radius 3 is 2.65 bits per heavy atom. The fourth-order valence-corrected chi connectivity index (χ4v) is 3.92. The van der Waals surface area contributed by atoms with Crippen molar-refractivity contribution in [1.82, 2.24) is 15.3 Å². The maximum atomic E-state index is 13.0. The minimum atomic E-state index is -0.384. The van der Waals surface area contributed by atoms with Gasteiger partial charge in [-0.2, -0.15) is 0 Å². The van der Waals surface area contributed by atoms with Crippen molar-refractivity contribution in [3.8, 4) is 11.5 Å². The molecule has 1 saturated heterocycles. The molecule has 0 aliphatic carbocycles. The highest BCUT2D eigenvalue weighted by molar-refractivity contribution is 6.31. The lowest BCUT2D eigenvalue weighted by Crippen LogP contribution is -2.49. The Hall–Kier alpha value is -3.23. The Labute approximate surface area is 185 Å². The normalized spacial score (nSPS) is 19.9. The predicted octanol–water partition coefficient (Wildman–Crippen LogP) is 2.93. The highest BCUT2D eigenvalue weighted by atomic mass is 35.5. The molecule has 2 heterocycles. The van der Waals surface area contributed by atoms with Crippen LogP contribution in [0, 0.1) is 0 Å². The van der Waals surface area contributed by atoms with Crippen molar-refractivity contribution in [3.63, 3.8) is 0 Å². The number of anilines is 1. The number of methoxy groups -OCH3 is 2. The molecule has 1 fully saturated rings. The van der Waals surface area contributed by atoms with E-state index in [1.807, 2.05) is 24.3 Å². The molecule has 2 aliphatic rings. The van der Waals surface area contributed by atoms with Gasteiger partial charge in [0.25, 0.3) is 5.91 Å². The van der Waals surface area contributed by atoms with Crippen LogP contribution in [0.5, 0.6) is 11.5 Å². The summed E-state index contributed by atoms with van der Waals surface area (Å²) in [5, 5.41) is 5.03. The van der Waals surface area contributed by atoms with Crippen LogP contribution in [-0.2, 0) is 9.59 Å². The van der Waals surface area contributed by atoms with E-state index in [-0.39, 0.29) is 30.4 Å². The van der Waals surface area contributed by atoms with Crippen LogP contribution in [0.1, 0.15) is 18.0 Å². The van der Waals surface area contributed by atoms with Gasteiger partial charge in [-0.05, 0) is 42.3 Å². The molecule has 2 aromatic rings. The van der Waals surface area contributed by atoms with E-state index >= 15 is 0 Å². The molecule has 2 amide bonds. The van der Waals surface area contributed by atoms with Crippen molar-refractivity contribution >= 4 is 29.1 Å². The lowest BCUT2D eigenvalue weighted by molar-refractivity contribution is -0.137. The Balaban J connectivity index is 1.40. The van der Waals surface area contributed by atoms with Gasteiger partial charge in [-0.25, -0.2) is 5.43 Å². The molecule has 2 aliphatic heterocycles. The summed E-state index contributed by atoms with van der Waals surface area (Å²) in [4.78, 5) is 27.0. The summed E-state index contributed by atoms with van der Waals surface area (Å²) in [6.45, 7) is -0.109. The zero-order valence-electron chi connectivity index (χ0n) is 17.2. The summed E-state index contributed by atoms with van der Waals surface area (Å²) in [7, 11) is 3.14. The molecule has 4 rings (SSSR count). The summed E-state index contributed by atoms with van der Waals surface area (Å²) in [5.74, 6) is 0.791. The van der Waals surface area contributed by atoms with Crippen molar-refractivity contribution in [1.29, 1.82) is 0 Å². The van der Waals surface area contributed by atoms with Crippen LogP contribution in [0.25, 0.3) is 0 Å². The van der Waals surface area contributed by atoms with Gasteiger partial charge >= 0.3 is 0 Å². The van der Waals surface area contributed by atoms with E-state index in [2.05, 4.69) is 10.7 Å². The van der Waals surface area contributed by atoms with Crippen molar-refractivity contribution in [2.45, 2.75) is 18.5 Å². The number of halogens is 1. The molecule has 8 nitrogen and oxygen atoms in total. The van der Waals surface area contributed by atoms with Gasteiger partial charge < -0.3 is 24.7 Å². The number of ether oxygens (including phenoxy) is 2. The van der Waals surface area contributed by atoms with E-state index in [0.29, 0.717) is 22.9 Å². The topological polar surface area (TPSA) is 83.1 Å². The standard InChI is InChI=1S/C22H23ClN4O4/c1-30-16-6-3-14(4-7-16)17-12-19-22(29)26(9-10-27(19)25-17)13-21(28)24-18-11-15(23)5-8-20(18)31-2/h3-11,17,19,25H,12-13H2,1-2H3,(H,24,28).